The van der Waals surface area contributed by atoms with Crippen molar-refractivity contribution in [2.75, 3.05) is 20.8 Å². The molecule has 0 spiro atoms. The molecule has 2 aromatic heterocycles. The van der Waals surface area contributed by atoms with Gasteiger partial charge in [0.15, 0.2) is 16.6 Å². The minimum absolute atomic E-state index is 0.143. The molecular formula is C20H23N3O3S2. The van der Waals surface area contributed by atoms with Gasteiger partial charge in [-0.3, -0.25) is 4.79 Å². The van der Waals surface area contributed by atoms with E-state index in [0.29, 0.717) is 40.8 Å². The van der Waals surface area contributed by atoms with Crippen molar-refractivity contribution in [1.29, 1.82) is 0 Å². The molecule has 0 atom stereocenters. The molecule has 0 aliphatic heterocycles. The third-order valence-corrected chi connectivity index (χ3v) is 5.59. The largest absolute Gasteiger partial charge is 0.493 e. The second-order valence-electron chi connectivity index (χ2n) is 6.19. The summed E-state index contributed by atoms with van der Waals surface area (Å²) in [7, 11) is 3.16. The van der Waals surface area contributed by atoms with E-state index in [-0.39, 0.29) is 5.56 Å². The Morgan fingerprint density at radius 3 is 2.61 bits per heavy atom. The molecule has 0 saturated heterocycles. The van der Waals surface area contributed by atoms with Gasteiger partial charge in [-0.2, -0.15) is 0 Å². The number of fused-ring (bicyclic) bond motifs is 1. The number of nitrogens with one attached hydrogen (secondary N) is 2. The van der Waals surface area contributed by atoms with E-state index in [2.05, 4.69) is 16.4 Å². The molecule has 0 radical (unpaired) electrons. The van der Waals surface area contributed by atoms with Crippen LogP contribution in [0.5, 0.6) is 11.5 Å². The number of thiophene rings is 1. The number of ether oxygens (including phenoxy) is 2. The van der Waals surface area contributed by atoms with Gasteiger partial charge in [-0.1, -0.05) is 6.07 Å². The number of rotatable bonds is 7. The summed E-state index contributed by atoms with van der Waals surface area (Å²) in [6.07, 6.45) is 0. The number of thiocarbonyl (C=S) groups is 1. The fourth-order valence-electron chi connectivity index (χ4n) is 2.95. The Morgan fingerprint density at radius 1 is 1.21 bits per heavy atom. The second kappa shape index (κ2) is 9.07. The van der Waals surface area contributed by atoms with Crippen molar-refractivity contribution in [1.82, 2.24) is 15.2 Å². The fourth-order valence-corrected chi connectivity index (χ4v) is 3.95. The van der Waals surface area contributed by atoms with Gasteiger partial charge in [0.25, 0.3) is 5.56 Å². The average Bonchev–Trinajstić information content (AvgIpc) is 3.20. The first-order valence-electron chi connectivity index (χ1n) is 8.88. The number of nitrogens with zero attached hydrogens (tertiary/aromatic N) is 1. The molecule has 0 saturated carbocycles. The van der Waals surface area contributed by atoms with Crippen molar-refractivity contribution in [2.45, 2.75) is 20.0 Å². The standard InChI is InChI=1S/C20H23N3O3S2/c1-4-21-20(27)23(12-15-6-5-7-28-15)11-14-8-13-9-17(25-2)18(26-3)10-16(13)22-19(14)24/h5-10H,4,11-12H2,1-3H3,(H,21,27)(H,22,24). The molecule has 0 fully saturated rings. The van der Waals surface area contributed by atoms with Crippen LogP contribution in [0.3, 0.4) is 0 Å². The maximum absolute atomic E-state index is 12.7. The van der Waals surface area contributed by atoms with Gasteiger partial charge in [-0.25, -0.2) is 0 Å². The molecule has 3 rings (SSSR count). The minimum Gasteiger partial charge on any atom is -0.493 e. The summed E-state index contributed by atoms with van der Waals surface area (Å²) >= 11 is 7.20. The molecule has 2 N–H and O–H groups in total. The molecular weight excluding hydrogens is 394 g/mol. The van der Waals surface area contributed by atoms with Crippen LogP contribution in [0.2, 0.25) is 0 Å². The molecule has 0 bridgehead atoms. The molecule has 0 aliphatic rings. The lowest BCUT2D eigenvalue weighted by atomic mass is 10.1. The lowest BCUT2D eigenvalue weighted by Gasteiger charge is -2.25. The van der Waals surface area contributed by atoms with E-state index in [9.17, 15) is 4.79 Å². The van der Waals surface area contributed by atoms with Crippen LogP contribution in [0.1, 0.15) is 17.4 Å². The zero-order valence-corrected chi connectivity index (χ0v) is 17.7. The smallest absolute Gasteiger partial charge is 0.253 e. The highest BCUT2D eigenvalue weighted by atomic mass is 32.1. The average molecular weight is 418 g/mol. The van der Waals surface area contributed by atoms with Gasteiger partial charge in [0.1, 0.15) is 0 Å². The monoisotopic (exact) mass is 417 g/mol. The van der Waals surface area contributed by atoms with Gasteiger partial charge in [-0.15, -0.1) is 11.3 Å². The van der Waals surface area contributed by atoms with Gasteiger partial charge < -0.3 is 24.7 Å². The van der Waals surface area contributed by atoms with Crippen LogP contribution >= 0.6 is 23.6 Å². The summed E-state index contributed by atoms with van der Waals surface area (Å²) in [4.78, 5) is 18.8. The summed E-state index contributed by atoms with van der Waals surface area (Å²) in [6, 6.07) is 9.59. The lowest BCUT2D eigenvalue weighted by molar-refractivity contribution is 0.355. The zero-order valence-electron chi connectivity index (χ0n) is 16.1. The van der Waals surface area contributed by atoms with Crippen LogP contribution in [0.15, 0.2) is 40.5 Å². The highest BCUT2D eigenvalue weighted by Gasteiger charge is 2.15. The summed E-state index contributed by atoms with van der Waals surface area (Å²) in [5, 5.41) is 6.72. The number of hydrogen-bond acceptors (Lipinski definition) is 5. The van der Waals surface area contributed by atoms with Gasteiger partial charge in [0, 0.05) is 28.4 Å². The normalized spacial score (nSPS) is 10.7. The van der Waals surface area contributed by atoms with E-state index < -0.39 is 0 Å². The molecule has 3 aromatic rings. The first-order valence-corrected chi connectivity index (χ1v) is 10.2. The van der Waals surface area contributed by atoms with Crippen LogP contribution in [0.25, 0.3) is 10.9 Å². The van der Waals surface area contributed by atoms with E-state index >= 15 is 0 Å². The number of H-pyrrole nitrogens is 1. The van der Waals surface area contributed by atoms with Crippen LogP contribution in [-0.2, 0) is 13.1 Å². The van der Waals surface area contributed by atoms with Crippen molar-refractivity contribution in [3.05, 3.63) is 56.5 Å². The second-order valence-corrected chi connectivity index (χ2v) is 7.61. The van der Waals surface area contributed by atoms with Crippen LogP contribution in [-0.4, -0.2) is 35.8 Å². The summed E-state index contributed by atoms with van der Waals surface area (Å²) in [6.45, 7) is 3.78. The SMILES string of the molecule is CCNC(=S)N(Cc1cccs1)Cc1cc2cc(OC)c(OC)cc2[nH]c1=O. The molecule has 28 heavy (non-hydrogen) atoms. The Kier molecular flexibility index (Phi) is 6.53. The van der Waals surface area contributed by atoms with Crippen molar-refractivity contribution < 1.29 is 9.47 Å². The van der Waals surface area contributed by atoms with Gasteiger partial charge in [-0.05, 0) is 42.7 Å². The fraction of sp³-hybridized carbons (Fsp3) is 0.300. The minimum atomic E-state index is -0.143. The molecule has 148 valence electrons. The van der Waals surface area contributed by atoms with Crippen molar-refractivity contribution in [2.24, 2.45) is 0 Å². The summed E-state index contributed by atoms with van der Waals surface area (Å²) in [5.74, 6) is 1.19. The van der Waals surface area contributed by atoms with E-state index in [4.69, 9.17) is 21.7 Å². The molecule has 0 unspecified atom stereocenters. The van der Waals surface area contributed by atoms with E-state index in [0.717, 1.165) is 11.9 Å². The number of benzene rings is 1. The van der Waals surface area contributed by atoms with Crippen LogP contribution in [0, 0.1) is 0 Å². The predicted octanol–water partition coefficient (Wildman–Crippen LogP) is 3.50. The molecule has 0 amide bonds. The van der Waals surface area contributed by atoms with E-state index in [1.54, 1.807) is 31.6 Å². The van der Waals surface area contributed by atoms with Crippen molar-refractivity contribution in [3.63, 3.8) is 0 Å². The number of aromatic nitrogens is 1. The molecule has 1 aromatic carbocycles. The highest BCUT2D eigenvalue weighted by molar-refractivity contribution is 7.80. The summed E-state index contributed by atoms with van der Waals surface area (Å²) in [5.41, 5.74) is 1.19. The maximum Gasteiger partial charge on any atom is 0.253 e. The van der Waals surface area contributed by atoms with E-state index in [1.807, 2.05) is 35.4 Å². The predicted molar refractivity (Wildman–Crippen MR) is 118 cm³/mol. The van der Waals surface area contributed by atoms with E-state index in [1.165, 1.54) is 4.88 Å². The Labute approximate surface area is 173 Å². The Morgan fingerprint density at radius 2 is 1.96 bits per heavy atom. The van der Waals surface area contributed by atoms with Crippen molar-refractivity contribution >= 4 is 39.6 Å². The first kappa shape index (κ1) is 20.2. The molecule has 0 aliphatic carbocycles. The Hall–Kier alpha value is -2.58. The molecule has 8 heteroatoms. The zero-order chi connectivity index (χ0) is 20.1. The highest BCUT2D eigenvalue weighted by Crippen LogP contribution is 2.31. The van der Waals surface area contributed by atoms with Crippen LogP contribution in [0.4, 0.5) is 0 Å². The Bertz CT molecular complexity index is 1020. The number of pyridine rings is 1. The van der Waals surface area contributed by atoms with Crippen LogP contribution < -0.4 is 20.3 Å². The third-order valence-electron chi connectivity index (χ3n) is 4.33. The van der Waals surface area contributed by atoms with Gasteiger partial charge >= 0.3 is 0 Å². The number of aromatic amines is 1. The molecule has 2 heterocycles. The third kappa shape index (κ3) is 4.45. The topological polar surface area (TPSA) is 66.6 Å². The number of hydrogen-bond donors (Lipinski definition) is 2. The van der Waals surface area contributed by atoms with Gasteiger partial charge in [0.2, 0.25) is 0 Å². The summed E-state index contributed by atoms with van der Waals surface area (Å²) < 4.78 is 10.7. The molecule has 6 nitrogen and oxygen atoms in total. The maximum atomic E-state index is 12.7. The van der Waals surface area contributed by atoms with Gasteiger partial charge in [0.05, 0.1) is 32.8 Å². The van der Waals surface area contributed by atoms with Crippen molar-refractivity contribution in [3.8, 4) is 11.5 Å². The first-order chi connectivity index (χ1) is 13.5. The quantitative estimate of drug-likeness (QED) is 0.574. The Balaban J connectivity index is 1.96. The lowest BCUT2D eigenvalue weighted by Crippen LogP contribution is -2.39. The number of methoxy groups -OCH3 is 2.